The molecule has 0 spiro atoms. The molecule has 0 radical (unpaired) electrons. The van der Waals surface area contributed by atoms with Crippen molar-refractivity contribution in [2.45, 2.75) is 52.0 Å². The van der Waals surface area contributed by atoms with Crippen LogP contribution in [0.2, 0.25) is 0 Å². The quantitative estimate of drug-likeness (QED) is 0.345. The Morgan fingerprint density at radius 1 is 1.13 bits per heavy atom. The zero-order valence-corrected chi connectivity index (χ0v) is 22.1. The van der Waals surface area contributed by atoms with E-state index >= 15 is 0 Å². The van der Waals surface area contributed by atoms with Gasteiger partial charge < -0.3 is 20.5 Å². The van der Waals surface area contributed by atoms with Gasteiger partial charge in [-0.3, -0.25) is 0 Å². The molecule has 3 aromatic rings. The second kappa shape index (κ2) is 11.0. The maximum atomic E-state index is 15.0. The molecule has 38 heavy (non-hydrogen) atoms. The third-order valence-electron chi connectivity index (χ3n) is 7.53. The molecule has 1 aliphatic carbocycles. The molecule has 2 fully saturated rings. The number of hydrogen-bond acceptors (Lipinski definition) is 6. The lowest BCUT2D eigenvalue weighted by atomic mass is 9.90. The summed E-state index contributed by atoms with van der Waals surface area (Å²) in [5, 5.41) is 2.92. The Morgan fingerprint density at radius 2 is 1.89 bits per heavy atom. The number of nitrogens with two attached hydrogens (primary N) is 1. The number of aryl methyl sites for hydroxylation is 1. The van der Waals surface area contributed by atoms with Crippen LogP contribution < -0.4 is 11.1 Å². The highest BCUT2D eigenvalue weighted by Gasteiger charge is 2.28. The summed E-state index contributed by atoms with van der Waals surface area (Å²) in [6.45, 7) is 11.4. The van der Waals surface area contributed by atoms with Gasteiger partial charge in [0.2, 0.25) is 5.95 Å². The first-order valence-corrected chi connectivity index (χ1v) is 13.3. The van der Waals surface area contributed by atoms with Gasteiger partial charge in [0.05, 0.1) is 11.7 Å². The maximum absolute atomic E-state index is 15.0. The fourth-order valence-corrected chi connectivity index (χ4v) is 5.26. The van der Waals surface area contributed by atoms with Crippen LogP contribution in [0.5, 0.6) is 0 Å². The predicted octanol–water partition coefficient (Wildman–Crippen LogP) is 5.86. The second-order valence-electron chi connectivity index (χ2n) is 10.3. The molecule has 0 bridgehead atoms. The first-order chi connectivity index (χ1) is 18.4. The zero-order chi connectivity index (χ0) is 26.8. The molecule has 0 amide bonds. The Balaban J connectivity index is 1.34. The summed E-state index contributed by atoms with van der Waals surface area (Å²) < 4.78 is 31.8. The fraction of sp³-hybridized carbons (Fsp3) is 0.414. The number of nitrogens with zero attached hydrogens (tertiary/aromatic N) is 5. The fourth-order valence-electron chi connectivity index (χ4n) is 5.26. The van der Waals surface area contributed by atoms with Gasteiger partial charge in [0.25, 0.3) is 0 Å². The number of benzene rings is 1. The normalized spacial score (nSPS) is 17.8. The summed E-state index contributed by atoms with van der Waals surface area (Å²) in [7, 11) is 0. The molecule has 1 aliphatic heterocycles. The van der Waals surface area contributed by atoms with E-state index in [4.69, 9.17) is 5.73 Å². The van der Waals surface area contributed by atoms with E-state index in [0.29, 0.717) is 34.4 Å². The van der Waals surface area contributed by atoms with Crippen LogP contribution in [0, 0.1) is 24.5 Å². The SMILES string of the molecule is C=C/C(=C\C=C(/N)Nc1ncc(F)c(-c2cc(F)c3nc(C)n(C4CC4)c3c2)n1)CC1CCN(CC)CC1. The van der Waals surface area contributed by atoms with Crippen LogP contribution in [-0.2, 0) is 0 Å². The van der Waals surface area contributed by atoms with Gasteiger partial charge in [-0.05, 0) is 88.4 Å². The van der Waals surface area contributed by atoms with E-state index in [1.165, 1.54) is 18.9 Å². The molecule has 3 N–H and O–H groups in total. The van der Waals surface area contributed by atoms with Gasteiger partial charge >= 0.3 is 0 Å². The largest absolute Gasteiger partial charge is 0.385 e. The van der Waals surface area contributed by atoms with Crippen molar-refractivity contribution in [2.75, 3.05) is 25.0 Å². The first-order valence-electron chi connectivity index (χ1n) is 13.3. The summed E-state index contributed by atoms with van der Waals surface area (Å²) >= 11 is 0. The highest BCUT2D eigenvalue weighted by Crippen LogP contribution is 2.40. The lowest BCUT2D eigenvalue weighted by Gasteiger charge is -2.31. The van der Waals surface area contributed by atoms with Crippen molar-refractivity contribution >= 4 is 17.0 Å². The van der Waals surface area contributed by atoms with Crippen molar-refractivity contribution < 1.29 is 8.78 Å². The van der Waals surface area contributed by atoms with Crippen LogP contribution in [0.3, 0.4) is 0 Å². The summed E-state index contributed by atoms with van der Waals surface area (Å²) in [5.41, 5.74) is 8.55. The van der Waals surface area contributed by atoms with Crippen LogP contribution in [0.25, 0.3) is 22.3 Å². The van der Waals surface area contributed by atoms with Crippen molar-refractivity contribution in [1.82, 2.24) is 24.4 Å². The third kappa shape index (κ3) is 5.62. The lowest BCUT2D eigenvalue weighted by molar-refractivity contribution is 0.192. The van der Waals surface area contributed by atoms with Crippen molar-refractivity contribution in [3.05, 3.63) is 72.0 Å². The highest BCUT2D eigenvalue weighted by atomic mass is 19.1. The van der Waals surface area contributed by atoms with Gasteiger partial charge in [0.15, 0.2) is 11.6 Å². The molecule has 5 rings (SSSR count). The number of nitrogens with one attached hydrogen (secondary N) is 1. The van der Waals surface area contributed by atoms with Gasteiger partial charge in [0.1, 0.15) is 22.9 Å². The van der Waals surface area contributed by atoms with E-state index in [-0.39, 0.29) is 11.6 Å². The van der Waals surface area contributed by atoms with E-state index in [1.54, 1.807) is 12.1 Å². The van der Waals surface area contributed by atoms with Gasteiger partial charge in [-0.2, -0.15) is 0 Å². The average Bonchev–Trinajstić information content (AvgIpc) is 3.69. The van der Waals surface area contributed by atoms with Crippen LogP contribution in [0.4, 0.5) is 14.7 Å². The minimum absolute atomic E-state index is 0.00181. The summed E-state index contributed by atoms with van der Waals surface area (Å²) in [4.78, 5) is 15.2. The maximum Gasteiger partial charge on any atom is 0.229 e. The number of hydrogen-bond donors (Lipinski definition) is 2. The number of allylic oxidation sites excluding steroid dienone is 4. The Bertz CT molecular complexity index is 1400. The zero-order valence-electron chi connectivity index (χ0n) is 22.1. The minimum Gasteiger partial charge on any atom is -0.385 e. The molecule has 1 saturated carbocycles. The van der Waals surface area contributed by atoms with Crippen LogP contribution in [0.15, 0.2) is 54.5 Å². The third-order valence-corrected chi connectivity index (χ3v) is 7.53. The van der Waals surface area contributed by atoms with Gasteiger partial charge in [-0.15, -0.1) is 0 Å². The number of rotatable bonds is 9. The van der Waals surface area contributed by atoms with Crippen LogP contribution in [-0.4, -0.2) is 44.1 Å². The highest BCUT2D eigenvalue weighted by molar-refractivity contribution is 5.83. The number of likely N-dealkylation sites (tertiary alicyclic amines) is 1. The van der Waals surface area contributed by atoms with Gasteiger partial charge in [-0.1, -0.05) is 25.7 Å². The van der Waals surface area contributed by atoms with E-state index in [1.807, 2.05) is 23.6 Å². The molecule has 200 valence electrons. The summed E-state index contributed by atoms with van der Waals surface area (Å²) in [5.74, 6) is 0.670. The average molecular weight is 520 g/mol. The molecular formula is C29H35F2N7. The van der Waals surface area contributed by atoms with E-state index in [2.05, 4.69) is 38.7 Å². The Morgan fingerprint density at radius 3 is 2.58 bits per heavy atom. The van der Waals surface area contributed by atoms with Crippen molar-refractivity contribution in [2.24, 2.45) is 11.7 Å². The molecule has 2 aromatic heterocycles. The number of imidazole rings is 1. The minimum atomic E-state index is -0.644. The molecule has 7 nitrogen and oxygen atoms in total. The molecular weight excluding hydrogens is 484 g/mol. The van der Waals surface area contributed by atoms with Crippen LogP contribution >= 0.6 is 0 Å². The number of piperidine rings is 1. The molecule has 0 atom stereocenters. The molecule has 0 unspecified atom stereocenters. The van der Waals surface area contributed by atoms with E-state index in [0.717, 1.165) is 56.5 Å². The molecule has 3 heterocycles. The topological polar surface area (TPSA) is 84.9 Å². The number of aromatic nitrogens is 4. The number of fused-ring (bicyclic) bond motifs is 1. The van der Waals surface area contributed by atoms with Gasteiger partial charge in [0, 0.05) is 11.6 Å². The monoisotopic (exact) mass is 519 g/mol. The van der Waals surface area contributed by atoms with E-state index in [9.17, 15) is 8.78 Å². The lowest BCUT2D eigenvalue weighted by Crippen LogP contribution is -2.33. The molecule has 1 aromatic carbocycles. The van der Waals surface area contributed by atoms with Crippen LogP contribution in [0.1, 0.15) is 50.9 Å². The molecule has 2 aliphatic rings. The smallest absolute Gasteiger partial charge is 0.229 e. The summed E-state index contributed by atoms with van der Waals surface area (Å²) in [6.07, 6.45) is 12.0. The van der Waals surface area contributed by atoms with Crippen molar-refractivity contribution in [1.29, 1.82) is 0 Å². The first kappa shape index (κ1) is 26.0. The standard InChI is InChI=1S/C29H35F2N7/c1-4-19(14-20-10-12-37(5-2)13-11-20)6-9-26(32)35-29-33-17-24(31)27(36-29)21-15-23(30)28-25(16-21)38(18(3)34-28)22-7-8-22/h4,6,9,15-17,20,22H,1,5,7-8,10-14,32H2,2-3H3,(H,33,35,36)/b19-6+,26-9+. The molecule has 1 saturated heterocycles. The summed E-state index contributed by atoms with van der Waals surface area (Å²) in [6, 6.07) is 3.32. The molecule has 9 heteroatoms. The number of anilines is 1. The number of halogens is 2. The van der Waals surface area contributed by atoms with E-state index < -0.39 is 11.6 Å². The second-order valence-corrected chi connectivity index (χ2v) is 10.3. The predicted molar refractivity (Wildman–Crippen MR) is 147 cm³/mol. The van der Waals surface area contributed by atoms with Gasteiger partial charge in [-0.25, -0.2) is 23.7 Å². The Labute approximate surface area is 222 Å². The van der Waals surface area contributed by atoms with Crippen molar-refractivity contribution in [3.8, 4) is 11.3 Å². The van der Waals surface area contributed by atoms with Crippen molar-refractivity contribution in [3.63, 3.8) is 0 Å². The Kier molecular flexibility index (Phi) is 7.56. The Hall–Kier alpha value is -3.59.